The van der Waals surface area contributed by atoms with Crippen LogP contribution in [0.5, 0.6) is 0 Å². The lowest BCUT2D eigenvalue weighted by Crippen LogP contribution is -2.12. The molecule has 0 aliphatic rings. The Morgan fingerprint density at radius 2 is 1.89 bits per heavy atom. The Morgan fingerprint density at radius 3 is 2.61 bits per heavy atom. The van der Waals surface area contributed by atoms with Gasteiger partial charge in [-0.2, -0.15) is 0 Å². The lowest BCUT2D eigenvalue weighted by Gasteiger charge is -2.15. The number of aliphatic hydroxyl groups excluding tert-OH is 1. The van der Waals surface area contributed by atoms with Crippen LogP contribution in [0.15, 0.2) is 42.7 Å². The molecule has 0 radical (unpaired) electrons. The smallest absolute Gasteiger partial charge is 0.0963 e. The number of anilines is 1. The van der Waals surface area contributed by atoms with E-state index in [4.69, 9.17) is 0 Å². The van der Waals surface area contributed by atoms with Crippen LogP contribution in [0.25, 0.3) is 0 Å². The van der Waals surface area contributed by atoms with E-state index in [9.17, 15) is 5.11 Å². The Morgan fingerprint density at radius 1 is 1.17 bits per heavy atom. The third kappa shape index (κ3) is 3.08. The molecule has 18 heavy (non-hydrogen) atoms. The third-order valence-corrected chi connectivity index (χ3v) is 2.97. The SMILES string of the molecule is Cc1ccc(C)c(NCC(O)c2ccncc2)c1. The standard InChI is InChI=1S/C15H18N2O/c1-11-3-4-12(2)14(9-11)17-10-15(18)13-5-7-16-8-6-13/h3-9,15,17-18H,10H2,1-2H3. The molecule has 1 aromatic carbocycles. The van der Waals surface area contributed by atoms with E-state index in [1.54, 1.807) is 12.4 Å². The first-order chi connectivity index (χ1) is 8.66. The van der Waals surface area contributed by atoms with Crippen molar-refractivity contribution in [3.05, 3.63) is 59.4 Å². The van der Waals surface area contributed by atoms with Gasteiger partial charge in [-0.3, -0.25) is 4.98 Å². The maximum Gasteiger partial charge on any atom is 0.0963 e. The molecule has 2 rings (SSSR count). The molecule has 1 aromatic heterocycles. The molecule has 0 amide bonds. The third-order valence-electron chi connectivity index (χ3n) is 2.97. The van der Waals surface area contributed by atoms with E-state index in [0.29, 0.717) is 6.54 Å². The minimum atomic E-state index is -0.520. The fourth-order valence-corrected chi connectivity index (χ4v) is 1.84. The van der Waals surface area contributed by atoms with Crippen molar-refractivity contribution in [1.82, 2.24) is 4.98 Å². The van der Waals surface area contributed by atoms with Crippen molar-refractivity contribution in [3.63, 3.8) is 0 Å². The number of rotatable bonds is 4. The molecular formula is C15H18N2O. The number of pyridine rings is 1. The molecule has 0 spiro atoms. The van der Waals surface area contributed by atoms with Gasteiger partial charge in [0.2, 0.25) is 0 Å². The van der Waals surface area contributed by atoms with E-state index in [2.05, 4.69) is 42.3 Å². The van der Waals surface area contributed by atoms with Crippen LogP contribution in [0.1, 0.15) is 22.8 Å². The average molecular weight is 242 g/mol. The molecule has 0 saturated carbocycles. The summed E-state index contributed by atoms with van der Waals surface area (Å²) in [4.78, 5) is 3.94. The maximum absolute atomic E-state index is 10.1. The highest BCUT2D eigenvalue weighted by atomic mass is 16.3. The minimum absolute atomic E-state index is 0.494. The summed E-state index contributed by atoms with van der Waals surface area (Å²) in [6, 6.07) is 9.91. The van der Waals surface area contributed by atoms with E-state index < -0.39 is 6.10 Å². The van der Waals surface area contributed by atoms with Gasteiger partial charge in [0.05, 0.1) is 6.10 Å². The van der Waals surface area contributed by atoms with Gasteiger partial charge in [-0.25, -0.2) is 0 Å². The summed E-state index contributed by atoms with van der Waals surface area (Å²) in [6.45, 7) is 4.61. The average Bonchev–Trinajstić information content (AvgIpc) is 2.40. The normalized spacial score (nSPS) is 12.2. The van der Waals surface area contributed by atoms with Crippen LogP contribution >= 0.6 is 0 Å². The van der Waals surface area contributed by atoms with Gasteiger partial charge in [0.25, 0.3) is 0 Å². The van der Waals surface area contributed by atoms with Crippen molar-refractivity contribution in [1.29, 1.82) is 0 Å². The van der Waals surface area contributed by atoms with Crippen molar-refractivity contribution in [2.75, 3.05) is 11.9 Å². The largest absolute Gasteiger partial charge is 0.387 e. The van der Waals surface area contributed by atoms with E-state index in [0.717, 1.165) is 11.3 Å². The summed E-state index contributed by atoms with van der Waals surface area (Å²) in [6.07, 6.45) is 2.86. The highest BCUT2D eigenvalue weighted by Crippen LogP contribution is 2.18. The number of nitrogens with one attached hydrogen (secondary N) is 1. The molecule has 0 saturated heterocycles. The van der Waals surface area contributed by atoms with Gasteiger partial charge in [-0.05, 0) is 48.7 Å². The van der Waals surface area contributed by atoms with E-state index in [-0.39, 0.29) is 0 Å². The lowest BCUT2D eigenvalue weighted by atomic mass is 10.1. The second-order valence-electron chi connectivity index (χ2n) is 4.50. The van der Waals surface area contributed by atoms with Crippen molar-refractivity contribution >= 4 is 5.69 Å². The van der Waals surface area contributed by atoms with Crippen molar-refractivity contribution in [2.45, 2.75) is 20.0 Å². The highest BCUT2D eigenvalue weighted by Gasteiger charge is 2.07. The van der Waals surface area contributed by atoms with E-state index in [1.165, 1.54) is 11.1 Å². The van der Waals surface area contributed by atoms with Crippen LogP contribution in [0.4, 0.5) is 5.69 Å². The van der Waals surface area contributed by atoms with Crippen LogP contribution in [0.3, 0.4) is 0 Å². The number of nitrogens with zero attached hydrogens (tertiary/aromatic N) is 1. The predicted octanol–water partition coefficient (Wildman–Crippen LogP) is 2.84. The molecule has 2 aromatic rings. The summed E-state index contributed by atoms with van der Waals surface area (Å²) < 4.78 is 0. The van der Waals surface area contributed by atoms with Gasteiger partial charge < -0.3 is 10.4 Å². The number of aryl methyl sites for hydroxylation is 2. The molecule has 1 unspecified atom stereocenters. The number of benzene rings is 1. The molecule has 94 valence electrons. The quantitative estimate of drug-likeness (QED) is 0.866. The Hall–Kier alpha value is -1.87. The molecule has 0 fully saturated rings. The van der Waals surface area contributed by atoms with Crippen LogP contribution < -0.4 is 5.32 Å². The van der Waals surface area contributed by atoms with Crippen LogP contribution in [0.2, 0.25) is 0 Å². The van der Waals surface area contributed by atoms with Gasteiger partial charge >= 0.3 is 0 Å². The van der Waals surface area contributed by atoms with Crippen molar-refractivity contribution in [2.24, 2.45) is 0 Å². The van der Waals surface area contributed by atoms with Crippen molar-refractivity contribution < 1.29 is 5.11 Å². The molecule has 2 N–H and O–H groups in total. The minimum Gasteiger partial charge on any atom is -0.387 e. The fraction of sp³-hybridized carbons (Fsp3) is 0.267. The number of hydrogen-bond donors (Lipinski definition) is 2. The van der Waals surface area contributed by atoms with E-state index in [1.807, 2.05) is 12.1 Å². The summed E-state index contributed by atoms with van der Waals surface area (Å²) in [5.41, 5.74) is 4.34. The summed E-state index contributed by atoms with van der Waals surface area (Å²) in [5, 5.41) is 13.3. The first kappa shape index (κ1) is 12.6. The van der Waals surface area contributed by atoms with Gasteiger partial charge in [0, 0.05) is 24.6 Å². The van der Waals surface area contributed by atoms with E-state index >= 15 is 0 Å². The number of aliphatic hydroxyl groups is 1. The summed E-state index contributed by atoms with van der Waals surface area (Å²) in [5.74, 6) is 0. The Labute approximate surface area is 108 Å². The summed E-state index contributed by atoms with van der Waals surface area (Å²) >= 11 is 0. The monoisotopic (exact) mass is 242 g/mol. The Balaban J connectivity index is 2.01. The van der Waals surface area contributed by atoms with Crippen LogP contribution in [-0.2, 0) is 0 Å². The molecule has 1 heterocycles. The first-order valence-electron chi connectivity index (χ1n) is 6.06. The van der Waals surface area contributed by atoms with Gasteiger partial charge in [0.1, 0.15) is 0 Å². The second kappa shape index (κ2) is 5.65. The molecule has 3 heteroatoms. The molecule has 0 aliphatic heterocycles. The predicted molar refractivity (Wildman–Crippen MR) is 73.6 cm³/mol. The Kier molecular flexibility index (Phi) is 3.95. The van der Waals surface area contributed by atoms with Crippen LogP contribution in [-0.4, -0.2) is 16.6 Å². The maximum atomic E-state index is 10.1. The zero-order chi connectivity index (χ0) is 13.0. The Bertz CT molecular complexity index is 511. The number of hydrogen-bond acceptors (Lipinski definition) is 3. The van der Waals surface area contributed by atoms with Gasteiger partial charge in [0.15, 0.2) is 0 Å². The van der Waals surface area contributed by atoms with Crippen molar-refractivity contribution in [3.8, 4) is 0 Å². The zero-order valence-corrected chi connectivity index (χ0v) is 10.7. The second-order valence-corrected chi connectivity index (χ2v) is 4.50. The molecular weight excluding hydrogens is 224 g/mol. The topological polar surface area (TPSA) is 45.1 Å². The highest BCUT2D eigenvalue weighted by molar-refractivity contribution is 5.52. The first-order valence-corrected chi connectivity index (χ1v) is 6.06. The lowest BCUT2D eigenvalue weighted by molar-refractivity contribution is 0.191. The zero-order valence-electron chi connectivity index (χ0n) is 10.7. The van der Waals surface area contributed by atoms with Crippen LogP contribution in [0, 0.1) is 13.8 Å². The molecule has 0 bridgehead atoms. The summed E-state index contributed by atoms with van der Waals surface area (Å²) in [7, 11) is 0. The molecule has 3 nitrogen and oxygen atoms in total. The number of aromatic nitrogens is 1. The van der Waals surface area contributed by atoms with Gasteiger partial charge in [-0.1, -0.05) is 12.1 Å². The molecule has 1 atom stereocenters. The molecule has 0 aliphatic carbocycles. The fourth-order valence-electron chi connectivity index (χ4n) is 1.84. The van der Waals surface area contributed by atoms with Gasteiger partial charge in [-0.15, -0.1) is 0 Å².